The van der Waals surface area contributed by atoms with Crippen LogP contribution in [0, 0.1) is 12.7 Å². The lowest BCUT2D eigenvalue weighted by molar-refractivity contribution is 0.483. The van der Waals surface area contributed by atoms with Gasteiger partial charge in [0.05, 0.1) is 0 Å². The highest BCUT2D eigenvalue weighted by atomic mass is 19.1. The molecule has 0 heterocycles. The molecule has 0 N–H and O–H groups in total. The maximum Gasteiger partial charge on any atom is 0.131 e. The predicted octanol–water partition coefficient (Wildman–Crippen LogP) is 5.88. The summed E-state index contributed by atoms with van der Waals surface area (Å²) < 4.78 is 15.3. The van der Waals surface area contributed by atoms with Gasteiger partial charge in [-0.05, 0) is 39.7 Å². The molecular formula is C19H25F. The second kappa shape index (κ2) is 4.58. The maximum absolute atomic E-state index is 15.3. The third kappa shape index (κ3) is 2.34. The first-order valence-electron chi connectivity index (χ1n) is 7.27. The quantitative estimate of drug-likeness (QED) is 0.561. The van der Waals surface area contributed by atoms with E-state index in [4.69, 9.17) is 0 Å². The average molecular weight is 272 g/mol. The Morgan fingerprint density at radius 2 is 1.20 bits per heavy atom. The monoisotopic (exact) mass is 272 g/mol. The van der Waals surface area contributed by atoms with Gasteiger partial charge in [0.1, 0.15) is 5.82 Å². The van der Waals surface area contributed by atoms with Gasteiger partial charge in [-0.2, -0.15) is 0 Å². The van der Waals surface area contributed by atoms with Crippen molar-refractivity contribution in [1.29, 1.82) is 0 Å². The molecule has 0 saturated carbocycles. The summed E-state index contributed by atoms with van der Waals surface area (Å²) in [5.74, 6) is -0.0267. The molecule has 20 heavy (non-hydrogen) atoms. The van der Waals surface area contributed by atoms with Crippen molar-refractivity contribution in [2.45, 2.75) is 59.3 Å². The van der Waals surface area contributed by atoms with Crippen LogP contribution in [0.5, 0.6) is 0 Å². The van der Waals surface area contributed by atoms with Gasteiger partial charge < -0.3 is 0 Å². The molecule has 108 valence electrons. The summed E-state index contributed by atoms with van der Waals surface area (Å²) in [7, 11) is 0. The van der Waals surface area contributed by atoms with Crippen LogP contribution in [-0.2, 0) is 10.8 Å². The molecule has 0 aromatic heterocycles. The first kappa shape index (κ1) is 15.0. The number of aryl methyl sites for hydroxylation is 1. The fraction of sp³-hybridized carbons (Fsp3) is 0.474. The summed E-state index contributed by atoms with van der Waals surface area (Å²) in [6.07, 6.45) is 0. The normalized spacial score (nSPS) is 13.0. The molecule has 0 atom stereocenters. The topological polar surface area (TPSA) is 0 Å². The Balaban J connectivity index is 3.05. The van der Waals surface area contributed by atoms with Crippen LogP contribution in [0.2, 0.25) is 0 Å². The minimum Gasteiger partial charge on any atom is -0.206 e. The fourth-order valence-electron chi connectivity index (χ4n) is 3.20. The van der Waals surface area contributed by atoms with Gasteiger partial charge in [-0.25, -0.2) is 4.39 Å². The largest absolute Gasteiger partial charge is 0.206 e. The Morgan fingerprint density at radius 3 is 1.65 bits per heavy atom. The lowest BCUT2D eigenvalue weighted by Gasteiger charge is -2.30. The van der Waals surface area contributed by atoms with Gasteiger partial charge in [0.2, 0.25) is 0 Å². The van der Waals surface area contributed by atoms with E-state index in [1.54, 1.807) is 0 Å². The lowest BCUT2D eigenvalue weighted by Crippen LogP contribution is -2.22. The van der Waals surface area contributed by atoms with Crippen LogP contribution >= 0.6 is 0 Å². The van der Waals surface area contributed by atoms with Gasteiger partial charge in [0.25, 0.3) is 0 Å². The molecule has 1 heteroatoms. The zero-order valence-electron chi connectivity index (χ0n) is 13.7. The van der Waals surface area contributed by atoms with Crippen molar-refractivity contribution in [3.63, 3.8) is 0 Å². The minimum absolute atomic E-state index is 0.0267. The van der Waals surface area contributed by atoms with Crippen LogP contribution < -0.4 is 0 Å². The molecule has 0 saturated heterocycles. The number of rotatable bonds is 0. The van der Waals surface area contributed by atoms with E-state index in [0.717, 1.165) is 22.1 Å². The van der Waals surface area contributed by atoms with Gasteiger partial charge in [0.15, 0.2) is 0 Å². The number of fused-ring (bicyclic) bond motifs is 1. The molecule has 2 rings (SSSR count). The number of halogens is 1. The van der Waals surface area contributed by atoms with Crippen LogP contribution in [-0.4, -0.2) is 0 Å². The summed E-state index contributed by atoms with van der Waals surface area (Å²) in [5, 5.41) is 2.21. The molecule has 0 spiro atoms. The van der Waals surface area contributed by atoms with E-state index in [9.17, 15) is 0 Å². The third-order valence-corrected chi connectivity index (χ3v) is 3.91. The van der Waals surface area contributed by atoms with Crippen LogP contribution in [0.3, 0.4) is 0 Å². The molecule has 0 radical (unpaired) electrons. The number of hydrogen-bond donors (Lipinski definition) is 0. The van der Waals surface area contributed by atoms with Gasteiger partial charge >= 0.3 is 0 Å². The fourth-order valence-corrected chi connectivity index (χ4v) is 3.20. The highest BCUT2D eigenvalue weighted by Crippen LogP contribution is 2.40. The Labute approximate surface area is 122 Å². The molecule has 2 aromatic rings. The first-order valence-corrected chi connectivity index (χ1v) is 7.27. The van der Waals surface area contributed by atoms with Crippen LogP contribution in [0.4, 0.5) is 4.39 Å². The molecular weight excluding hydrogens is 247 g/mol. The van der Waals surface area contributed by atoms with Crippen molar-refractivity contribution in [2.75, 3.05) is 0 Å². The van der Waals surface area contributed by atoms with Crippen molar-refractivity contribution in [1.82, 2.24) is 0 Å². The Bertz CT molecular complexity index is 652. The van der Waals surface area contributed by atoms with Crippen molar-refractivity contribution < 1.29 is 4.39 Å². The van der Waals surface area contributed by atoms with Crippen molar-refractivity contribution >= 4 is 10.8 Å². The predicted molar refractivity (Wildman–Crippen MR) is 86.0 cm³/mol. The van der Waals surface area contributed by atoms with Crippen molar-refractivity contribution in [2.24, 2.45) is 0 Å². The Kier molecular flexibility index (Phi) is 3.44. The molecule has 0 bridgehead atoms. The average Bonchev–Trinajstić information content (AvgIpc) is 2.25. The Hall–Kier alpha value is -1.37. The van der Waals surface area contributed by atoms with E-state index in [1.165, 1.54) is 5.39 Å². The van der Waals surface area contributed by atoms with Gasteiger partial charge in [-0.3, -0.25) is 0 Å². The zero-order valence-corrected chi connectivity index (χ0v) is 13.7. The molecule has 0 fully saturated rings. The van der Waals surface area contributed by atoms with E-state index in [0.29, 0.717) is 0 Å². The first-order chi connectivity index (χ1) is 9.05. The van der Waals surface area contributed by atoms with E-state index in [2.05, 4.69) is 47.6 Å². The second-order valence-electron chi connectivity index (χ2n) is 7.73. The van der Waals surface area contributed by atoms with Crippen LogP contribution in [0.25, 0.3) is 10.8 Å². The van der Waals surface area contributed by atoms with Crippen molar-refractivity contribution in [3.8, 4) is 0 Å². The SMILES string of the molecule is Cc1c(C(C)(C)C)c(F)c(C(C)(C)C)c2ccccc12. The molecule has 2 aromatic carbocycles. The molecule has 0 amide bonds. The second-order valence-corrected chi connectivity index (χ2v) is 7.73. The molecule has 0 aliphatic heterocycles. The maximum atomic E-state index is 15.3. The summed E-state index contributed by atoms with van der Waals surface area (Å²) in [6.45, 7) is 14.5. The minimum atomic E-state index is -0.211. The van der Waals surface area contributed by atoms with Crippen LogP contribution in [0.15, 0.2) is 24.3 Å². The van der Waals surface area contributed by atoms with E-state index in [1.807, 2.05) is 25.1 Å². The molecule has 0 unspecified atom stereocenters. The smallest absolute Gasteiger partial charge is 0.131 e. The molecule has 0 nitrogen and oxygen atoms in total. The summed E-state index contributed by atoms with van der Waals surface area (Å²) in [6, 6.07) is 8.17. The van der Waals surface area contributed by atoms with E-state index < -0.39 is 0 Å². The zero-order chi connectivity index (χ0) is 15.3. The van der Waals surface area contributed by atoms with E-state index in [-0.39, 0.29) is 16.6 Å². The summed E-state index contributed by atoms with van der Waals surface area (Å²) >= 11 is 0. The number of hydrogen-bond acceptors (Lipinski definition) is 0. The number of benzene rings is 2. The highest BCUT2D eigenvalue weighted by Gasteiger charge is 2.30. The molecule has 0 aliphatic rings. The summed E-state index contributed by atoms with van der Waals surface area (Å²) in [4.78, 5) is 0. The third-order valence-electron chi connectivity index (χ3n) is 3.91. The van der Waals surface area contributed by atoms with Gasteiger partial charge in [-0.15, -0.1) is 0 Å². The highest BCUT2D eigenvalue weighted by molar-refractivity contribution is 5.91. The Morgan fingerprint density at radius 1 is 0.750 bits per heavy atom. The van der Waals surface area contributed by atoms with Gasteiger partial charge in [-0.1, -0.05) is 65.8 Å². The van der Waals surface area contributed by atoms with Crippen molar-refractivity contribution in [3.05, 3.63) is 46.8 Å². The van der Waals surface area contributed by atoms with Gasteiger partial charge in [0, 0.05) is 5.56 Å². The molecule has 0 aliphatic carbocycles. The van der Waals surface area contributed by atoms with Crippen LogP contribution in [0.1, 0.15) is 58.2 Å². The standard InChI is InChI=1S/C19H25F/c1-12-13-10-8-9-11-14(13)16(19(5,6)7)17(20)15(12)18(2,3)4/h8-11H,1-7H3. The lowest BCUT2D eigenvalue weighted by atomic mass is 9.75. The van der Waals surface area contributed by atoms with E-state index >= 15 is 4.39 Å². The summed E-state index contributed by atoms with van der Waals surface area (Å²) in [5.41, 5.74) is 2.35.